The number of nitrogens with one attached hydrogen (secondary N) is 3. The summed E-state index contributed by atoms with van der Waals surface area (Å²) >= 11 is 0. The number of halogens is 1. The van der Waals surface area contributed by atoms with E-state index in [1.54, 1.807) is 12.1 Å². The molecule has 2 saturated heterocycles. The fourth-order valence-electron chi connectivity index (χ4n) is 5.12. The van der Waals surface area contributed by atoms with Gasteiger partial charge in [0.25, 0.3) is 0 Å². The lowest BCUT2D eigenvalue weighted by molar-refractivity contribution is 0.189. The zero-order chi connectivity index (χ0) is 23.8. The predicted octanol–water partition coefficient (Wildman–Crippen LogP) is 1.89. The Morgan fingerprint density at radius 1 is 1.06 bits per heavy atom. The van der Waals surface area contributed by atoms with Gasteiger partial charge in [-0.25, -0.2) is 17.9 Å². The lowest BCUT2D eigenvalue weighted by Crippen LogP contribution is -2.30. The van der Waals surface area contributed by atoms with Crippen molar-refractivity contribution in [1.29, 1.82) is 0 Å². The van der Waals surface area contributed by atoms with E-state index in [9.17, 15) is 8.42 Å². The maximum absolute atomic E-state index is 15.3. The van der Waals surface area contributed by atoms with E-state index >= 15 is 4.39 Å². The summed E-state index contributed by atoms with van der Waals surface area (Å²) in [5, 5.41) is 26.2. The summed E-state index contributed by atoms with van der Waals surface area (Å²) in [6, 6.07) is 11.5. The number of piperidine rings is 1. The fourth-order valence-corrected chi connectivity index (χ4v) is 6.11. The number of primary sulfonamides is 1. The van der Waals surface area contributed by atoms with Crippen LogP contribution < -0.4 is 15.8 Å². The molecule has 0 amide bonds. The molecule has 5 N–H and O–H groups in total. The van der Waals surface area contributed by atoms with Crippen molar-refractivity contribution < 1.29 is 12.8 Å². The lowest BCUT2D eigenvalue weighted by Gasteiger charge is -2.23. The minimum atomic E-state index is -4.23. The van der Waals surface area contributed by atoms with E-state index in [-0.39, 0.29) is 29.2 Å². The van der Waals surface area contributed by atoms with E-state index < -0.39 is 15.7 Å². The minimum Gasteiger partial charge on any atom is -0.317 e. The Bertz CT molecular complexity index is 1250. The number of nitrogens with zero attached hydrogens (tertiary/aromatic N) is 3. The number of benzene rings is 2. The highest BCUT2D eigenvalue weighted by molar-refractivity contribution is 7.89. The van der Waals surface area contributed by atoms with Crippen molar-refractivity contribution in [2.75, 3.05) is 26.2 Å². The molecule has 3 aromatic rings. The third-order valence-electron chi connectivity index (χ3n) is 6.82. The van der Waals surface area contributed by atoms with Gasteiger partial charge in [-0.1, -0.05) is 36.4 Å². The molecule has 1 aromatic heterocycles. The first-order valence-electron chi connectivity index (χ1n) is 11.5. The third kappa shape index (κ3) is 4.61. The van der Waals surface area contributed by atoms with E-state index in [0.29, 0.717) is 30.0 Å². The van der Waals surface area contributed by atoms with Crippen molar-refractivity contribution in [2.45, 2.75) is 42.2 Å². The van der Waals surface area contributed by atoms with Crippen LogP contribution in [0.25, 0.3) is 22.5 Å². The molecular formula is C23H28FN7O2S. The van der Waals surface area contributed by atoms with E-state index in [0.717, 1.165) is 31.5 Å². The van der Waals surface area contributed by atoms with E-state index in [1.807, 2.05) is 12.1 Å². The number of alkyl halides is 1. The van der Waals surface area contributed by atoms with Crippen molar-refractivity contribution >= 4 is 10.0 Å². The smallest absolute Gasteiger partial charge is 0.239 e. The van der Waals surface area contributed by atoms with Gasteiger partial charge in [0.1, 0.15) is 5.67 Å². The Morgan fingerprint density at radius 3 is 2.44 bits per heavy atom. The molecule has 34 heavy (non-hydrogen) atoms. The Morgan fingerprint density at radius 2 is 1.82 bits per heavy atom. The Kier molecular flexibility index (Phi) is 6.19. The summed E-state index contributed by atoms with van der Waals surface area (Å²) in [7, 11) is -4.23. The summed E-state index contributed by atoms with van der Waals surface area (Å²) < 4.78 is 41.0. The molecule has 1 atom stereocenters. The van der Waals surface area contributed by atoms with Gasteiger partial charge < -0.3 is 10.6 Å². The first-order valence-corrected chi connectivity index (χ1v) is 13.0. The van der Waals surface area contributed by atoms with Crippen LogP contribution in [0.15, 0.2) is 41.3 Å². The second-order valence-electron chi connectivity index (χ2n) is 9.16. The van der Waals surface area contributed by atoms with Crippen LogP contribution in [0.5, 0.6) is 0 Å². The quantitative estimate of drug-likeness (QED) is 0.418. The summed E-state index contributed by atoms with van der Waals surface area (Å²) in [4.78, 5) is -0.155. The zero-order valence-electron chi connectivity index (χ0n) is 18.7. The molecule has 9 nitrogen and oxygen atoms in total. The number of aromatic amines is 1. The van der Waals surface area contributed by atoms with Crippen molar-refractivity contribution in [3.05, 3.63) is 47.5 Å². The first-order chi connectivity index (χ1) is 16.3. The average molecular weight is 486 g/mol. The number of rotatable bonds is 6. The molecule has 5 rings (SSSR count). The lowest BCUT2D eigenvalue weighted by atomic mass is 9.88. The monoisotopic (exact) mass is 485 g/mol. The summed E-state index contributed by atoms with van der Waals surface area (Å²) in [5.41, 5.74) is 1.64. The average Bonchev–Trinajstić information content (AvgIpc) is 3.51. The number of H-pyrrole nitrogens is 1. The van der Waals surface area contributed by atoms with Crippen LogP contribution in [-0.2, 0) is 16.4 Å². The predicted molar refractivity (Wildman–Crippen MR) is 126 cm³/mol. The minimum absolute atomic E-state index is 0.0778. The van der Waals surface area contributed by atoms with Crippen LogP contribution in [0.1, 0.15) is 36.3 Å². The van der Waals surface area contributed by atoms with Gasteiger partial charge in [-0.05, 0) is 72.3 Å². The van der Waals surface area contributed by atoms with E-state index in [4.69, 9.17) is 5.14 Å². The first kappa shape index (κ1) is 23.0. The molecule has 2 aliphatic heterocycles. The van der Waals surface area contributed by atoms with Crippen LogP contribution in [0.4, 0.5) is 4.39 Å². The second kappa shape index (κ2) is 9.14. The maximum atomic E-state index is 15.3. The SMILES string of the molecule is NS(=O)(=O)c1c(CC2(F)CCNC2)ccc(-c2ccc(C3CCNCC3)cc2)c1-c1nn[nH]n1. The summed E-state index contributed by atoms with van der Waals surface area (Å²) in [6.07, 6.45) is 2.38. The topological polar surface area (TPSA) is 139 Å². The highest BCUT2D eigenvalue weighted by atomic mass is 32.2. The van der Waals surface area contributed by atoms with Crippen molar-refractivity contribution in [1.82, 2.24) is 31.3 Å². The number of aromatic nitrogens is 4. The van der Waals surface area contributed by atoms with Crippen LogP contribution >= 0.6 is 0 Å². The number of tetrazole rings is 1. The standard InChI is InChI=1S/C23H28FN7O2S/c24-23(9-12-27-14-23)13-18-5-6-19(20(21(18)34(25,32)33)22-28-30-31-29-22)17-3-1-15(2-4-17)16-7-10-26-11-8-16/h1-6,16,26-27H,7-14H2,(H2,25,32,33)(H,28,29,30,31). The molecule has 0 aliphatic carbocycles. The van der Waals surface area contributed by atoms with Gasteiger partial charge in [-0.3, -0.25) is 0 Å². The number of hydrogen-bond acceptors (Lipinski definition) is 7. The Labute approximate surface area is 197 Å². The van der Waals surface area contributed by atoms with Gasteiger partial charge in [0.2, 0.25) is 15.8 Å². The molecule has 1 unspecified atom stereocenters. The highest BCUT2D eigenvalue weighted by Gasteiger charge is 2.37. The highest BCUT2D eigenvalue weighted by Crippen LogP contribution is 2.39. The molecule has 180 valence electrons. The van der Waals surface area contributed by atoms with Gasteiger partial charge in [0.15, 0.2) is 0 Å². The Balaban J connectivity index is 1.63. The molecule has 2 fully saturated rings. The summed E-state index contributed by atoms with van der Waals surface area (Å²) in [5.74, 6) is 0.593. The van der Waals surface area contributed by atoms with Crippen LogP contribution in [0.2, 0.25) is 0 Å². The molecule has 0 bridgehead atoms. The zero-order valence-corrected chi connectivity index (χ0v) is 19.5. The molecule has 11 heteroatoms. The van der Waals surface area contributed by atoms with E-state index in [2.05, 4.69) is 43.4 Å². The molecule has 0 spiro atoms. The molecule has 2 aliphatic rings. The normalized spacial score (nSPS) is 21.7. The number of nitrogens with two attached hydrogens (primary N) is 1. The van der Waals surface area contributed by atoms with Crippen LogP contribution in [0, 0.1) is 0 Å². The fraction of sp³-hybridized carbons (Fsp3) is 0.435. The molecular weight excluding hydrogens is 457 g/mol. The van der Waals surface area contributed by atoms with Gasteiger partial charge in [0.05, 0.1) is 10.5 Å². The van der Waals surface area contributed by atoms with Crippen LogP contribution in [0.3, 0.4) is 0 Å². The van der Waals surface area contributed by atoms with Gasteiger partial charge >= 0.3 is 0 Å². The summed E-state index contributed by atoms with van der Waals surface area (Å²) in [6.45, 7) is 2.70. The molecule has 0 radical (unpaired) electrons. The molecule has 2 aromatic carbocycles. The largest absolute Gasteiger partial charge is 0.317 e. The Hall–Kier alpha value is -2.73. The van der Waals surface area contributed by atoms with Crippen molar-refractivity contribution in [3.63, 3.8) is 0 Å². The molecule has 0 saturated carbocycles. The van der Waals surface area contributed by atoms with Gasteiger partial charge in [-0.15, -0.1) is 10.2 Å². The van der Waals surface area contributed by atoms with Crippen molar-refractivity contribution in [2.24, 2.45) is 5.14 Å². The number of sulfonamides is 1. The van der Waals surface area contributed by atoms with E-state index in [1.165, 1.54) is 5.56 Å². The maximum Gasteiger partial charge on any atom is 0.239 e. The third-order valence-corrected chi connectivity index (χ3v) is 7.86. The van der Waals surface area contributed by atoms with Gasteiger partial charge in [-0.2, -0.15) is 5.21 Å². The number of hydrogen-bond donors (Lipinski definition) is 4. The second-order valence-corrected chi connectivity index (χ2v) is 10.7. The van der Waals surface area contributed by atoms with Crippen LogP contribution in [-0.4, -0.2) is 60.9 Å². The van der Waals surface area contributed by atoms with Crippen molar-refractivity contribution in [3.8, 4) is 22.5 Å². The van der Waals surface area contributed by atoms with Gasteiger partial charge in [0, 0.05) is 13.0 Å². The molecule has 3 heterocycles.